The number of para-hydroxylation sites is 2. The number of carbonyl (C=O) groups is 1. The number of nitrogens with two attached hydrogens (primary N) is 1. The number of hydrogen-bond donors (Lipinski definition) is 3. The minimum Gasteiger partial charge on any atom is -0.485 e. The Labute approximate surface area is 145 Å². The average molecular weight is 334 g/mol. The molecule has 2 aromatic carbocycles. The molecule has 3 rings (SSSR count). The molecule has 4 N–H and O–H groups in total. The van der Waals surface area contributed by atoms with Gasteiger partial charge in [0.25, 0.3) is 0 Å². The van der Waals surface area contributed by atoms with Crippen LogP contribution in [0.1, 0.15) is 5.56 Å². The van der Waals surface area contributed by atoms with E-state index < -0.39 is 6.03 Å². The van der Waals surface area contributed by atoms with E-state index in [2.05, 4.69) is 15.6 Å². The Morgan fingerprint density at radius 3 is 2.52 bits per heavy atom. The number of rotatable bonds is 5. The van der Waals surface area contributed by atoms with Gasteiger partial charge in [-0.2, -0.15) is 0 Å². The van der Waals surface area contributed by atoms with Crippen LogP contribution in [0.25, 0.3) is 0 Å². The van der Waals surface area contributed by atoms with Crippen molar-refractivity contribution >= 4 is 23.2 Å². The van der Waals surface area contributed by atoms with Gasteiger partial charge in [0, 0.05) is 6.20 Å². The lowest BCUT2D eigenvalue weighted by Gasteiger charge is -2.13. The minimum atomic E-state index is -0.443. The maximum Gasteiger partial charge on any atom is 0.325 e. The number of nitrogen functional groups attached to an aromatic ring is 1. The van der Waals surface area contributed by atoms with Crippen LogP contribution in [-0.2, 0) is 6.61 Å². The first-order chi connectivity index (χ1) is 12.2. The second-order valence-corrected chi connectivity index (χ2v) is 5.29. The molecule has 6 nitrogen and oxygen atoms in total. The van der Waals surface area contributed by atoms with Gasteiger partial charge in [-0.15, -0.1) is 0 Å². The SMILES string of the molecule is Nc1ccccc1NC(=O)Nc1ncccc1OCc1ccccc1. The van der Waals surface area contributed by atoms with Gasteiger partial charge in [0.05, 0.1) is 11.4 Å². The van der Waals surface area contributed by atoms with Crippen LogP contribution in [0.2, 0.25) is 0 Å². The van der Waals surface area contributed by atoms with E-state index in [0.29, 0.717) is 29.5 Å². The molecule has 0 aliphatic rings. The fourth-order valence-electron chi connectivity index (χ4n) is 2.21. The highest BCUT2D eigenvalue weighted by Crippen LogP contribution is 2.23. The Bertz CT molecular complexity index is 853. The monoisotopic (exact) mass is 334 g/mol. The van der Waals surface area contributed by atoms with Gasteiger partial charge in [-0.25, -0.2) is 9.78 Å². The first-order valence-electron chi connectivity index (χ1n) is 7.76. The van der Waals surface area contributed by atoms with Crippen molar-refractivity contribution in [3.05, 3.63) is 78.5 Å². The van der Waals surface area contributed by atoms with Crippen LogP contribution in [0, 0.1) is 0 Å². The van der Waals surface area contributed by atoms with Crippen molar-refractivity contribution in [1.82, 2.24) is 4.98 Å². The molecule has 25 heavy (non-hydrogen) atoms. The van der Waals surface area contributed by atoms with Crippen molar-refractivity contribution in [2.45, 2.75) is 6.61 Å². The smallest absolute Gasteiger partial charge is 0.325 e. The number of nitrogens with zero attached hydrogens (tertiary/aromatic N) is 1. The molecule has 0 atom stereocenters. The van der Waals surface area contributed by atoms with Gasteiger partial charge in [0.2, 0.25) is 0 Å². The molecule has 0 aliphatic heterocycles. The Morgan fingerprint density at radius 2 is 1.72 bits per heavy atom. The van der Waals surface area contributed by atoms with E-state index in [0.717, 1.165) is 5.56 Å². The Morgan fingerprint density at radius 1 is 0.960 bits per heavy atom. The lowest BCUT2D eigenvalue weighted by molar-refractivity contribution is 0.261. The standard InChI is InChI=1S/C19H18N4O2/c20-15-9-4-5-10-16(15)22-19(24)23-18-17(11-6-12-21-18)25-13-14-7-2-1-3-8-14/h1-12H,13,20H2,(H2,21,22,23,24). The van der Waals surface area contributed by atoms with Crippen LogP contribution in [0.4, 0.5) is 22.0 Å². The molecule has 0 saturated heterocycles. The molecular formula is C19H18N4O2. The van der Waals surface area contributed by atoms with Gasteiger partial charge in [-0.3, -0.25) is 5.32 Å². The van der Waals surface area contributed by atoms with Gasteiger partial charge in [-0.1, -0.05) is 42.5 Å². The lowest BCUT2D eigenvalue weighted by Crippen LogP contribution is -2.21. The Kier molecular flexibility index (Phi) is 5.11. The predicted octanol–water partition coefficient (Wildman–Crippen LogP) is 3.89. The zero-order chi connectivity index (χ0) is 17.5. The second-order valence-electron chi connectivity index (χ2n) is 5.29. The molecular weight excluding hydrogens is 316 g/mol. The third-order valence-electron chi connectivity index (χ3n) is 3.45. The normalized spacial score (nSPS) is 10.1. The number of ether oxygens (including phenoxy) is 1. The summed E-state index contributed by atoms with van der Waals surface area (Å²) in [6.07, 6.45) is 1.59. The fourth-order valence-corrected chi connectivity index (χ4v) is 2.21. The molecule has 0 bridgehead atoms. The molecule has 126 valence electrons. The number of anilines is 3. The van der Waals surface area contributed by atoms with Crippen molar-refractivity contribution in [2.24, 2.45) is 0 Å². The van der Waals surface area contributed by atoms with Crippen LogP contribution in [0.15, 0.2) is 72.9 Å². The first-order valence-corrected chi connectivity index (χ1v) is 7.76. The van der Waals surface area contributed by atoms with Crippen molar-refractivity contribution < 1.29 is 9.53 Å². The van der Waals surface area contributed by atoms with Gasteiger partial charge in [0.15, 0.2) is 11.6 Å². The van der Waals surface area contributed by atoms with Gasteiger partial charge < -0.3 is 15.8 Å². The van der Waals surface area contributed by atoms with Crippen LogP contribution < -0.4 is 21.1 Å². The van der Waals surface area contributed by atoms with Crippen molar-refractivity contribution in [2.75, 3.05) is 16.4 Å². The van der Waals surface area contributed by atoms with Crippen molar-refractivity contribution in [1.29, 1.82) is 0 Å². The van der Waals surface area contributed by atoms with E-state index in [1.807, 2.05) is 30.3 Å². The van der Waals surface area contributed by atoms with Gasteiger partial charge >= 0.3 is 6.03 Å². The molecule has 6 heteroatoms. The quantitative estimate of drug-likeness (QED) is 0.618. The molecule has 0 unspecified atom stereocenters. The molecule has 1 aromatic heterocycles. The highest BCUT2D eigenvalue weighted by Gasteiger charge is 2.10. The Balaban J connectivity index is 1.66. The summed E-state index contributed by atoms with van der Waals surface area (Å²) >= 11 is 0. The zero-order valence-corrected chi connectivity index (χ0v) is 13.5. The number of amides is 2. The van der Waals surface area contributed by atoms with Crippen LogP contribution in [0.5, 0.6) is 5.75 Å². The van der Waals surface area contributed by atoms with Crippen molar-refractivity contribution in [3.63, 3.8) is 0 Å². The Hall–Kier alpha value is -3.54. The topological polar surface area (TPSA) is 89.3 Å². The van der Waals surface area contributed by atoms with Gasteiger partial charge in [0.1, 0.15) is 6.61 Å². The largest absolute Gasteiger partial charge is 0.485 e. The molecule has 2 amide bonds. The minimum absolute atomic E-state index is 0.338. The van der Waals surface area contributed by atoms with Crippen molar-refractivity contribution in [3.8, 4) is 5.75 Å². The van der Waals surface area contributed by atoms with E-state index >= 15 is 0 Å². The summed E-state index contributed by atoms with van der Waals surface area (Å²) in [5.74, 6) is 0.827. The highest BCUT2D eigenvalue weighted by molar-refractivity contribution is 6.01. The van der Waals surface area contributed by atoms with Gasteiger partial charge in [-0.05, 0) is 29.8 Å². The van der Waals surface area contributed by atoms with Crippen LogP contribution in [0.3, 0.4) is 0 Å². The van der Waals surface area contributed by atoms with E-state index in [-0.39, 0.29) is 0 Å². The molecule has 0 aliphatic carbocycles. The second kappa shape index (κ2) is 7.83. The summed E-state index contributed by atoms with van der Waals surface area (Å²) in [5, 5.41) is 5.37. The summed E-state index contributed by atoms with van der Waals surface area (Å²) < 4.78 is 5.77. The summed E-state index contributed by atoms with van der Waals surface area (Å²) in [6.45, 7) is 0.383. The van der Waals surface area contributed by atoms with E-state index in [4.69, 9.17) is 10.5 Å². The number of benzene rings is 2. The first kappa shape index (κ1) is 16.3. The maximum absolute atomic E-state index is 12.2. The summed E-state index contributed by atoms with van der Waals surface area (Å²) in [6, 6.07) is 19.8. The van der Waals surface area contributed by atoms with E-state index in [9.17, 15) is 4.79 Å². The molecule has 1 heterocycles. The third-order valence-corrected chi connectivity index (χ3v) is 3.45. The summed E-state index contributed by atoms with van der Waals surface area (Å²) in [5.41, 5.74) is 7.86. The number of nitrogens with one attached hydrogen (secondary N) is 2. The molecule has 0 radical (unpaired) electrons. The van der Waals surface area contributed by atoms with E-state index in [1.54, 1.807) is 42.6 Å². The number of aromatic nitrogens is 1. The number of pyridine rings is 1. The number of carbonyl (C=O) groups excluding carboxylic acids is 1. The predicted molar refractivity (Wildman–Crippen MR) is 98.5 cm³/mol. The lowest BCUT2D eigenvalue weighted by atomic mass is 10.2. The summed E-state index contributed by atoms with van der Waals surface area (Å²) in [7, 11) is 0. The summed E-state index contributed by atoms with van der Waals surface area (Å²) in [4.78, 5) is 16.4. The number of urea groups is 1. The molecule has 0 saturated carbocycles. The third kappa shape index (κ3) is 4.48. The highest BCUT2D eigenvalue weighted by atomic mass is 16.5. The number of hydrogen-bond acceptors (Lipinski definition) is 4. The molecule has 0 spiro atoms. The molecule has 0 fully saturated rings. The molecule has 3 aromatic rings. The average Bonchev–Trinajstić information content (AvgIpc) is 2.64. The maximum atomic E-state index is 12.2. The van der Waals surface area contributed by atoms with Crippen LogP contribution in [-0.4, -0.2) is 11.0 Å². The zero-order valence-electron chi connectivity index (χ0n) is 13.5. The van der Waals surface area contributed by atoms with E-state index in [1.165, 1.54) is 0 Å². The van der Waals surface area contributed by atoms with Crippen LogP contribution >= 0.6 is 0 Å². The fraction of sp³-hybridized carbons (Fsp3) is 0.0526.